The molecule has 0 aromatic heterocycles. The monoisotopic (exact) mass is 169 g/mol. The van der Waals surface area contributed by atoms with Gasteiger partial charge in [-0.2, -0.15) is 0 Å². The molecule has 0 radical (unpaired) electrons. The number of hydrogen-bond donors (Lipinski definition) is 1. The van der Waals surface area contributed by atoms with E-state index in [1.54, 1.807) is 0 Å². The zero-order valence-corrected chi connectivity index (χ0v) is 8.98. The van der Waals surface area contributed by atoms with Gasteiger partial charge in [-0.3, -0.25) is 0 Å². The fourth-order valence-electron chi connectivity index (χ4n) is 1.26. The third-order valence-electron chi connectivity index (χ3n) is 2.28. The molecule has 0 saturated heterocycles. The minimum absolute atomic E-state index is 0.613. The van der Waals surface area contributed by atoms with Crippen LogP contribution < -0.4 is 5.32 Å². The van der Waals surface area contributed by atoms with Crippen molar-refractivity contribution in [3.05, 3.63) is 12.2 Å². The highest BCUT2D eigenvalue weighted by atomic mass is 14.9. The third-order valence-corrected chi connectivity index (χ3v) is 2.28. The van der Waals surface area contributed by atoms with Crippen molar-refractivity contribution < 1.29 is 0 Å². The molecular formula is C11H23N. The molecule has 12 heavy (non-hydrogen) atoms. The molecule has 72 valence electrons. The summed E-state index contributed by atoms with van der Waals surface area (Å²) in [5.41, 5.74) is 1.36. The Hall–Kier alpha value is -0.300. The molecule has 0 rings (SSSR count). The van der Waals surface area contributed by atoms with Crippen LogP contribution in [0.25, 0.3) is 0 Å². The quantitative estimate of drug-likeness (QED) is 0.603. The second-order valence-electron chi connectivity index (χ2n) is 3.72. The fourth-order valence-corrected chi connectivity index (χ4v) is 1.26. The first-order chi connectivity index (χ1) is 5.61. The predicted molar refractivity (Wildman–Crippen MR) is 56.4 cm³/mol. The lowest BCUT2D eigenvalue weighted by atomic mass is 9.96. The largest absolute Gasteiger partial charge is 0.314 e. The van der Waals surface area contributed by atoms with Gasteiger partial charge in [0.1, 0.15) is 0 Å². The van der Waals surface area contributed by atoms with E-state index >= 15 is 0 Å². The number of rotatable bonds is 6. The van der Waals surface area contributed by atoms with Gasteiger partial charge < -0.3 is 5.32 Å². The Bertz CT molecular complexity index is 127. The summed E-state index contributed by atoms with van der Waals surface area (Å²) < 4.78 is 0. The minimum atomic E-state index is 0.613. The standard InChI is InChI=1S/C11H23N/c1-6-10(5)8-11(9(3)4)12-7-2/h9,11-12H,5-8H2,1-4H3. The van der Waals surface area contributed by atoms with Crippen molar-refractivity contribution in [3.8, 4) is 0 Å². The van der Waals surface area contributed by atoms with Crippen LogP contribution in [0.1, 0.15) is 40.5 Å². The SMILES string of the molecule is C=C(CC)CC(NCC)C(C)C. The van der Waals surface area contributed by atoms with Crippen molar-refractivity contribution in [2.24, 2.45) is 5.92 Å². The fraction of sp³-hybridized carbons (Fsp3) is 0.818. The molecule has 0 aromatic rings. The predicted octanol–water partition coefficient (Wildman–Crippen LogP) is 2.98. The smallest absolute Gasteiger partial charge is 0.0127 e. The lowest BCUT2D eigenvalue weighted by molar-refractivity contribution is 0.402. The van der Waals surface area contributed by atoms with Crippen molar-refractivity contribution in [1.82, 2.24) is 5.32 Å². The van der Waals surface area contributed by atoms with Gasteiger partial charge in [-0.05, 0) is 25.3 Å². The number of hydrogen-bond acceptors (Lipinski definition) is 1. The highest BCUT2D eigenvalue weighted by Gasteiger charge is 2.11. The molecule has 0 aliphatic heterocycles. The van der Waals surface area contributed by atoms with E-state index in [-0.39, 0.29) is 0 Å². The van der Waals surface area contributed by atoms with Gasteiger partial charge in [-0.25, -0.2) is 0 Å². The molecule has 0 aromatic carbocycles. The average Bonchev–Trinajstić information content (AvgIpc) is 2.03. The van der Waals surface area contributed by atoms with Crippen LogP contribution in [-0.2, 0) is 0 Å². The highest BCUT2D eigenvalue weighted by Crippen LogP contribution is 2.13. The van der Waals surface area contributed by atoms with E-state index in [4.69, 9.17) is 0 Å². The van der Waals surface area contributed by atoms with Crippen molar-refractivity contribution in [3.63, 3.8) is 0 Å². The summed E-state index contributed by atoms with van der Waals surface area (Å²) >= 11 is 0. The van der Waals surface area contributed by atoms with Gasteiger partial charge in [0, 0.05) is 6.04 Å². The van der Waals surface area contributed by atoms with Crippen LogP contribution in [0.2, 0.25) is 0 Å². The van der Waals surface area contributed by atoms with Crippen LogP contribution in [0.4, 0.5) is 0 Å². The Morgan fingerprint density at radius 3 is 2.25 bits per heavy atom. The zero-order chi connectivity index (χ0) is 9.56. The Kier molecular flexibility index (Phi) is 6.09. The molecule has 0 spiro atoms. The van der Waals surface area contributed by atoms with Crippen LogP contribution in [0.15, 0.2) is 12.2 Å². The van der Waals surface area contributed by atoms with E-state index < -0.39 is 0 Å². The molecule has 1 atom stereocenters. The van der Waals surface area contributed by atoms with Crippen molar-refractivity contribution in [1.29, 1.82) is 0 Å². The Labute approximate surface area is 77.2 Å². The molecule has 0 bridgehead atoms. The zero-order valence-electron chi connectivity index (χ0n) is 8.98. The van der Waals surface area contributed by atoms with Gasteiger partial charge in [-0.1, -0.05) is 39.8 Å². The van der Waals surface area contributed by atoms with Gasteiger partial charge in [0.15, 0.2) is 0 Å². The van der Waals surface area contributed by atoms with Gasteiger partial charge in [0.25, 0.3) is 0 Å². The van der Waals surface area contributed by atoms with Crippen molar-refractivity contribution >= 4 is 0 Å². The average molecular weight is 169 g/mol. The van der Waals surface area contributed by atoms with Crippen LogP contribution in [0.5, 0.6) is 0 Å². The summed E-state index contributed by atoms with van der Waals surface area (Å²) in [6.45, 7) is 13.9. The van der Waals surface area contributed by atoms with E-state index in [1.807, 2.05) is 0 Å². The number of nitrogens with one attached hydrogen (secondary N) is 1. The van der Waals surface area contributed by atoms with Gasteiger partial charge in [-0.15, -0.1) is 0 Å². The first kappa shape index (κ1) is 11.7. The summed E-state index contributed by atoms with van der Waals surface area (Å²) in [6, 6.07) is 0.613. The first-order valence-corrected chi connectivity index (χ1v) is 5.01. The third kappa shape index (κ3) is 4.55. The van der Waals surface area contributed by atoms with Crippen LogP contribution >= 0.6 is 0 Å². The Morgan fingerprint density at radius 1 is 1.33 bits per heavy atom. The first-order valence-electron chi connectivity index (χ1n) is 5.01. The molecular weight excluding hydrogens is 146 g/mol. The summed E-state index contributed by atoms with van der Waals surface area (Å²) in [6.07, 6.45) is 2.23. The lowest BCUT2D eigenvalue weighted by Crippen LogP contribution is -2.33. The molecule has 1 nitrogen and oxygen atoms in total. The minimum Gasteiger partial charge on any atom is -0.314 e. The summed E-state index contributed by atoms with van der Waals surface area (Å²) in [5, 5.41) is 3.49. The van der Waals surface area contributed by atoms with E-state index in [1.165, 1.54) is 5.57 Å². The summed E-state index contributed by atoms with van der Waals surface area (Å²) in [5.74, 6) is 0.702. The summed E-state index contributed by atoms with van der Waals surface area (Å²) in [4.78, 5) is 0. The second-order valence-corrected chi connectivity index (χ2v) is 3.72. The van der Waals surface area contributed by atoms with Gasteiger partial charge in [0.05, 0.1) is 0 Å². The molecule has 0 aliphatic rings. The Morgan fingerprint density at radius 2 is 1.92 bits per heavy atom. The van der Waals surface area contributed by atoms with Crippen LogP contribution in [0.3, 0.4) is 0 Å². The summed E-state index contributed by atoms with van der Waals surface area (Å²) in [7, 11) is 0. The van der Waals surface area contributed by atoms with Crippen LogP contribution in [0, 0.1) is 5.92 Å². The molecule has 1 heteroatoms. The van der Waals surface area contributed by atoms with E-state index in [0.29, 0.717) is 12.0 Å². The topological polar surface area (TPSA) is 12.0 Å². The highest BCUT2D eigenvalue weighted by molar-refractivity contribution is 4.97. The molecule has 0 heterocycles. The molecule has 0 amide bonds. The van der Waals surface area contributed by atoms with E-state index in [9.17, 15) is 0 Å². The van der Waals surface area contributed by atoms with Crippen molar-refractivity contribution in [2.75, 3.05) is 6.54 Å². The molecule has 0 saturated carbocycles. The lowest BCUT2D eigenvalue weighted by Gasteiger charge is -2.22. The van der Waals surface area contributed by atoms with Gasteiger partial charge in [0.2, 0.25) is 0 Å². The molecule has 1 N–H and O–H groups in total. The maximum Gasteiger partial charge on any atom is 0.0127 e. The molecule has 1 unspecified atom stereocenters. The molecule has 0 aliphatic carbocycles. The Balaban J connectivity index is 3.86. The maximum absolute atomic E-state index is 4.04. The van der Waals surface area contributed by atoms with Gasteiger partial charge >= 0.3 is 0 Å². The maximum atomic E-state index is 4.04. The van der Waals surface area contributed by atoms with E-state index in [2.05, 4.69) is 39.6 Å². The van der Waals surface area contributed by atoms with Crippen molar-refractivity contribution in [2.45, 2.75) is 46.6 Å². The molecule has 0 fully saturated rings. The van der Waals surface area contributed by atoms with E-state index in [0.717, 1.165) is 19.4 Å². The normalized spacial score (nSPS) is 13.4. The second kappa shape index (κ2) is 6.24. The van der Waals surface area contributed by atoms with Crippen LogP contribution in [-0.4, -0.2) is 12.6 Å².